The standard InChI is InChI=1S/C21H25ClN6O3S/c22-15-3-4-17(23-12-15)20(31)25-21-24-16(14-32-21)11-18(29)28-9-7-26(8-10-28)13-19(30)27-5-1-2-6-27/h3-4,12,14H,1-2,5-11,13H2,(H,24,25,31). The van der Waals surface area contributed by atoms with Crippen molar-refractivity contribution in [3.05, 3.63) is 40.1 Å². The van der Waals surface area contributed by atoms with Crippen LogP contribution >= 0.6 is 22.9 Å². The van der Waals surface area contributed by atoms with Crippen LogP contribution in [0.1, 0.15) is 29.0 Å². The van der Waals surface area contributed by atoms with Crippen LogP contribution in [-0.2, 0) is 16.0 Å². The average molecular weight is 477 g/mol. The summed E-state index contributed by atoms with van der Waals surface area (Å²) < 4.78 is 0. The first-order valence-electron chi connectivity index (χ1n) is 10.6. The number of carbonyl (C=O) groups is 3. The highest BCUT2D eigenvalue weighted by atomic mass is 35.5. The molecule has 32 heavy (non-hydrogen) atoms. The van der Waals surface area contributed by atoms with E-state index < -0.39 is 0 Å². The lowest BCUT2D eigenvalue weighted by molar-refractivity contribution is -0.134. The van der Waals surface area contributed by atoms with Crippen molar-refractivity contribution in [3.63, 3.8) is 0 Å². The number of halogens is 1. The van der Waals surface area contributed by atoms with E-state index in [1.165, 1.54) is 23.6 Å². The molecular weight excluding hydrogens is 452 g/mol. The summed E-state index contributed by atoms with van der Waals surface area (Å²) in [5.74, 6) is -0.195. The second-order valence-corrected chi connectivity index (χ2v) is 9.18. The molecule has 0 bridgehead atoms. The minimum Gasteiger partial charge on any atom is -0.342 e. The van der Waals surface area contributed by atoms with Gasteiger partial charge in [0.05, 0.1) is 23.7 Å². The summed E-state index contributed by atoms with van der Waals surface area (Å²) in [7, 11) is 0. The van der Waals surface area contributed by atoms with E-state index >= 15 is 0 Å². The molecule has 0 aliphatic carbocycles. The zero-order valence-corrected chi connectivity index (χ0v) is 19.2. The quantitative estimate of drug-likeness (QED) is 0.682. The number of carbonyl (C=O) groups excluding carboxylic acids is 3. The molecule has 2 aliphatic rings. The topological polar surface area (TPSA) is 98.7 Å². The van der Waals surface area contributed by atoms with Gasteiger partial charge in [-0.25, -0.2) is 9.97 Å². The lowest BCUT2D eigenvalue weighted by Gasteiger charge is -2.35. The van der Waals surface area contributed by atoms with E-state index in [9.17, 15) is 14.4 Å². The first-order chi connectivity index (χ1) is 15.5. The third-order valence-corrected chi connectivity index (χ3v) is 6.64. The van der Waals surface area contributed by atoms with Crippen LogP contribution in [0.2, 0.25) is 5.02 Å². The van der Waals surface area contributed by atoms with Crippen LogP contribution in [0.4, 0.5) is 5.13 Å². The van der Waals surface area contributed by atoms with Crippen molar-refractivity contribution in [1.29, 1.82) is 0 Å². The van der Waals surface area contributed by atoms with Gasteiger partial charge in [-0.05, 0) is 25.0 Å². The zero-order valence-electron chi connectivity index (χ0n) is 17.6. The van der Waals surface area contributed by atoms with Crippen LogP contribution in [-0.4, -0.2) is 88.2 Å². The van der Waals surface area contributed by atoms with Gasteiger partial charge in [0.1, 0.15) is 5.69 Å². The number of aromatic nitrogens is 2. The fraction of sp³-hybridized carbons (Fsp3) is 0.476. The highest BCUT2D eigenvalue weighted by molar-refractivity contribution is 7.14. The van der Waals surface area contributed by atoms with Crippen LogP contribution in [0.3, 0.4) is 0 Å². The second-order valence-electron chi connectivity index (χ2n) is 7.88. The first kappa shape index (κ1) is 22.6. The Bertz CT molecular complexity index is 968. The van der Waals surface area contributed by atoms with Crippen molar-refractivity contribution in [2.45, 2.75) is 19.3 Å². The number of pyridine rings is 1. The van der Waals surface area contributed by atoms with Crippen molar-refractivity contribution in [1.82, 2.24) is 24.7 Å². The van der Waals surface area contributed by atoms with E-state index in [2.05, 4.69) is 20.2 Å². The maximum absolute atomic E-state index is 12.7. The molecule has 3 amide bonds. The van der Waals surface area contributed by atoms with E-state index in [1.54, 1.807) is 11.4 Å². The Balaban J connectivity index is 1.22. The molecule has 4 rings (SSSR count). The number of rotatable bonds is 6. The molecule has 2 saturated heterocycles. The molecule has 0 aromatic carbocycles. The number of nitrogens with one attached hydrogen (secondary N) is 1. The summed E-state index contributed by atoms with van der Waals surface area (Å²) in [6.07, 6.45) is 3.77. The van der Waals surface area contributed by atoms with Gasteiger partial charge in [-0.15, -0.1) is 11.3 Å². The minimum absolute atomic E-state index is 0.00179. The predicted octanol–water partition coefficient (Wildman–Crippen LogP) is 1.75. The Morgan fingerprint density at radius 2 is 1.72 bits per heavy atom. The van der Waals surface area contributed by atoms with Crippen molar-refractivity contribution in [2.24, 2.45) is 0 Å². The molecule has 0 spiro atoms. The third kappa shape index (κ3) is 5.81. The van der Waals surface area contributed by atoms with Crippen molar-refractivity contribution in [2.75, 3.05) is 51.1 Å². The normalized spacial score (nSPS) is 16.9. The summed E-state index contributed by atoms with van der Waals surface area (Å²) in [6, 6.07) is 3.13. The number of thiazole rings is 1. The Labute approximate surface area is 195 Å². The lowest BCUT2D eigenvalue weighted by Crippen LogP contribution is -2.51. The second kappa shape index (κ2) is 10.4. The van der Waals surface area contributed by atoms with E-state index in [0.29, 0.717) is 48.6 Å². The third-order valence-electron chi connectivity index (χ3n) is 5.61. The van der Waals surface area contributed by atoms with Crippen molar-refractivity contribution < 1.29 is 14.4 Å². The Morgan fingerprint density at radius 3 is 2.41 bits per heavy atom. The van der Waals surface area contributed by atoms with Crippen LogP contribution in [0.25, 0.3) is 0 Å². The summed E-state index contributed by atoms with van der Waals surface area (Å²) in [6.45, 7) is 4.74. The number of anilines is 1. The van der Waals surface area contributed by atoms with Gasteiger partial charge in [-0.1, -0.05) is 11.6 Å². The van der Waals surface area contributed by atoms with Gasteiger partial charge < -0.3 is 9.80 Å². The number of nitrogens with zero attached hydrogens (tertiary/aromatic N) is 5. The molecule has 2 aromatic heterocycles. The lowest BCUT2D eigenvalue weighted by atomic mass is 10.2. The van der Waals surface area contributed by atoms with Crippen LogP contribution in [0.5, 0.6) is 0 Å². The van der Waals surface area contributed by atoms with Crippen LogP contribution in [0.15, 0.2) is 23.7 Å². The summed E-state index contributed by atoms with van der Waals surface area (Å²) in [5, 5.41) is 5.34. The predicted molar refractivity (Wildman–Crippen MR) is 122 cm³/mol. The van der Waals surface area contributed by atoms with Gasteiger partial charge in [0.15, 0.2) is 5.13 Å². The largest absolute Gasteiger partial charge is 0.342 e. The number of hydrogen-bond donors (Lipinski definition) is 1. The molecule has 2 fully saturated rings. The SMILES string of the molecule is O=C(Nc1nc(CC(=O)N2CCN(CC(=O)N3CCCC3)CC2)cs1)c1ccc(Cl)cn1. The summed E-state index contributed by atoms with van der Waals surface area (Å²) in [5.41, 5.74) is 0.856. The fourth-order valence-corrected chi connectivity index (χ4v) is 4.61. The highest BCUT2D eigenvalue weighted by Crippen LogP contribution is 2.18. The fourth-order valence-electron chi connectivity index (χ4n) is 3.80. The number of hydrogen-bond acceptors (Lipinski definition) is 7. The minimum atomic E-state index is -0.381. The Kier molecular flexibility index (Phi) is 7.33. The van der Waals surface area contributed by atoms with Crippen LogP contribution in [0, 0.1) is 0 Å². The molecule has 11 heteroatoms. The number of piperazine rings is 1. The van der Waals surface area contributed by atoms with Gasteiger partial charge >= 0.3 is 0 Å². The maximum atomic E-state index is 12.7. The molecule has 2 aromatic rings. The van der Waals surface area contributed by atoms with E-state index in [1.807, 2.05) is 9.80 Å². The van der Waals surface area contributed by atoms with Gasteiger partial charge in [-0.3, -0.25) is 24.6 Å². The Morgan fingerprint density at radius 1 is 1.00 bits per heavy atom. The molecule has 2 aliphatic heterocycles. The highest BCUT2D eigenvalue weighted by Gasteiger charge is 2.25. The molecule has 9 nitrogen and oxygen atoms in total. The van der Waals surface area contributed by atoms with Gasteiger partial charge in [0.25, 0.3) is 5.91 Å². The number of amides is 3. The van der Waals surface area contributed by atoms with Crippen molar-refractivity contribution >= 4 is 45.8 Å². The summed E-state index contributed by atoms with van der Waals surface area (Å²) in [4.78, 5) is 51.4. The maximum Gasteiger partial charge on any atom is 0.276 e. The molecule has 170 valence electrons. The van der Waals surface area contributed by atoms with Crippen molar-refractivity contribution in [3.8, 4) is 0 Å². The number of likely N-dealkylation sites (tertiary alicyclic amines) is 1. The van der Waals surface area contributed by atoms with E-state index in [0.717, 1.165) is 25.9 Å². The molecule has 1 N–H and O–H groups in total. The van der Waals surface area contributed by atoms with E-state index in [-0.39, 0.29) is 29.8 Å². The average Bonchev–Trinajstić information content (AvgIpc) is 3.47. The molecule has 0 radical (unpaired) electrons. The monoisotopic (exact) mass is 476 g/mol. The molecule has 4 heterocycles. The van der Waals surface area contributed by atoms with Gasteiger partial charge in [0.2, 0.25) is 11.8 Å². The smallest absolute Gasteiger partial charge is 0.276 e. The molecule has 0 saturated carbocycles. The van der Waals surface area contributed by atoms with E-state index in [4.69, 9.17) is 11.6 Å². The molecule has 0 unspecified atom stereocenters. The first-order valence-corrected chi connectivity index (χ1v) is 11.9. The zero-order chi connectivity index (χ0) is 22.5. The molecule has 0 atom stereocenters. The summed E-state index contributed by atoms with van der Waals surface area (Å²) >= 11 is 7.05. The van der Waals surface area contributed by atoms with Gasteiger partial charge in [-0.2, -0.15) is 0 Å². The van der Waals surface area contributed by atoms with Crippen LogP contribution < -0.4 is 5.32 Å². The van der Waals surface area contributed by atoms with Gasteiger partial charge in [0, 0.05) is 50.8 Å². The Hall–Kier alpha value is -2.56. The molecular formula is C21H25ClN6O3S.